The number of nitrogen functional groups attached to an aromatic ring is 1. The SMILES string of the molecule is Cn1c(-c2ccoc2)c(C2CCCCC2)c2ccc(C(=O)O)cc21.Cn1c(-c2ccoc2)c(C2CCCCC2)c2ccc(N)cc21.Cn1c(-c2ccoc2)c(C2CCCCC2)c2ccc(N=C=O)cc21.Cn1c(-c2ccoc2)c(C2CCCCC2)c2ccc(NC(=O)OC(C)(C)C)cc21. The highest BCUT2D eigenvalue weighted by Gasteiger charge is 2.31. The highest BCUT2D eigenvalue weighted by atomic mass is 16.6. The molecule has 4 saturated carbocycles. The number of furan rings is 4. The van der Waals surface area contributed by atoms with Crippen molar-refractivity contribution in [3.05, 3.63) is 175 Å². The zero-order valence-corrected chi connectivity index (χ0v) is 58.3. The van der Waals surface area contributed by atoms with Crippen molar-refractivity contribution < 1.29 is 41.9 Å². The number of benzene rings is 4. The van der Waals surface area contributed by atoms with Gasteiger partial charge in [0.2, 0.25) is 6.08 Å². The van der Waals surface area contributed by atoms with E-state index in [-0.39, 0.29) is 0 Å². The van der Waals surface area contributed by atoms with Gasteiger partial charge in [-0.15, -0.1) is 0 Å². The fraction of sp³-hybridized carbons (Fsp3) is 0.386. The topological polar surface area (TPSA) is 203 Å². The summed E-state index contributed by atoms with van der Waals surface area (Å²) in [5.41, 5.74) is 27.4. The number of anilines is 2. The Labute approximate surface area is 578 Å². The molecule has 1 amide bonds. The molecule has 4 N–H and O–H groups in total. The minimum Gasteiger partial charge on any atom is -0.478 e. The number of aryl methyl sites for hydroxylation is 4. The quantitative estimate of drug-likeness (QED) is 0.0635. The molecule has 16 nitrogen and oxygen atoms in total. The Hall–Kier alpha value is -9.92. The number of amides is 1. The number of hydrogen-bond donors (Lipinski definition) is 3. The van der Waals surface area contributed by atoms with Crippen LogP contribution in [0.3, 0.4) is 0 Å². The first-order valence-electron chi connectivity index (χ1n) is 35.7. The van der Waals surface area contributed by atoms with Gasteiger partial charge in [0.25, 0.3) is 0 Å². The number of carboxylic acids is 1. The molecule has 0 radical (unpaired) electrons. The molecule has 0 atom stereocenters. The molecule has 0 bridgehead atoms. The molecule has 16 rings (SSSR count). The number of isocyanates is 1. The number of fused-ring (bicyclic) bond motifs is 4. The lowest BCUT2D eigenvalue weighted by Gasteiger charge is -2.23. The van der Waals surface area contributed by atoms with Gasteiger partial charge in [0.1, 0.15) is 5.60 Å². The zero-order chi connectivity index (χ0) is 68.9. The van der Waals surface area contributed by atoms with Crippen LogP contribution in [0.4, 0.5) is 21.9 Å². The van der Waals surface area contributed by atoms with E-state index in [2.05, 4.69) is 80.1 Å². The van der Waals surface area contributed by atoms with Crippen LogP contribution < -0.4 is 11.1 Å². The van der Waals surface area contributed by atoms with Gasteiger partial charge in [-0.05, 0) is 191 Å². The van der Waals surface area contributed by atoms with Gasteiger partial charge >= 0.3 is 12.1 Å². The maximum absolute atomic E-state index is 12.2. The van der Waals surface area contributed by atoms with Gasteiger partial charge in [-0.1, -0.05) is 101 Å². The van der Waals surface area contributed by atoms with Gasteiger partial charge in [-0.25, -0.2) is 14.4 Å². The van der Waals surface area contributed by atoms with Crippen LogP contribution in [-0.4, -0.2) is 47.1 Å². The molecule has 4 fully saturated rings. The Morgan fingerprint density at radius 1 is 0.475 bits per heavy atom. The smallest absolute Gasteiger partial charge is 0.412 e. The molecule has 99 heavy (non-hydrogen) atoms. The summed E-state index contributed by atoms with van der Waals surface area (Å²) >= 11 is 0. The second-order valence-electron chi connectivity index (χ2n) is 28.8. The van der Waals surface area contributed by atoms with Crippen LogP contribution in [0.2, 0.25) is 0 Å². The molecule has 0 saturated heterocycles. The highest BCUT2D eigenvalue weighted by molar-refractivity contribution is 6.00. The monoisotopic (exact) mass is 1330 g/mol. The van der Waals surface area contributed by atoms with Crippen molar-refractivity contribution in [2.24, 2.45) is 33.2 Å². The van der Waals surface area contributed by atoms with Crippen LogP contribution in [0.25, 0.3) is 88.6 Å². The largest absolute Gasteiger partial charge is 0.478 e. The number of ether oxygens (including phenoxy) is 1. The number of nitrogens with two attached hydrogens (primary N) is 1. The number of aromatic carboxylic acids is 1. The van der Waals surface area contributed by atoms with Crippen LogP contribution in [0.1, 0.15) is 205 Å². The number of carbonyl (C=O) groups is 2. The fourth-order valence-electron chi connectivity index (χ4n) is 16.8. The van der Waals surface area contributed by atoms with Crippen molar-refractivity contribution in [2.75, 3.05) is 11.1 Å². The van der Waals surface area contributed by atoms with E-state index in [0.29, 0.717) is 34.9 Å². The molecule has 8 heterocycles. The standard InChI is InChI=1S/C24H30N2O3.C20H20N2O2.C20H21NO3.C19H22N2O/c1-24(2,3)29-23(27)25-18-10-11-19-20(14-18)26(4)22(17-12-13-28-15-17)21(19)16-8-6-5-7-9-16;1-22-18-11-16(21-13-23)7-8-17(18)19(14-5-3-2-4-6-14)20(22)15-9-10-24-12-15;1-21-17-11-14(20(22)23)7-8-16(17)18(13-5-3-2-4-6-13)19(21)15-9-10-24-12-15;1-21-17-11-15(20)7-8-16(17)18(13-5-3-2-4-6-13)19(21)14-9-10-22-12-14/h10-16H,5-9H2,1-4H3,(H,25,27);7-12,14H,2-6H2,1H3;7-13H,2-6H2,1H3,(H,22,23);7-13H,2-6,20H2,1H3. The van der Waals surface area contributed by atoms with Crippen LogP contribution in [0.15, 0.2) is 170 Å². The number of carboxylic acid groups (broad SMARTS) is 1. The van der Waals surface area contributed by atoms with Gasteiger partial charge in [0, 0.05) is 88.9 Å². The normalized spacial score (nSPS) is 15.8. The molecule has 12 aromatic rings. The average Bonchev–Trinajstić information content (AvgIpc) is 1.62. The molecule has 0 spiro atoms. The minimum atomic E-state index is -0.887. The third kappa shape index (κ3) is 14.2. The molecular weight excluding hydrogens is 1240 g/mol. The number of rotatable bonds is 11. The van der Waals surface area contributed by atoms with Gasteiger partial charge < -0.3 is 51.5 Å². The lowest BCUT2D eigenvalue weighted by atomic mass is 9.82. The van der Waals surface area contributed by atoms with E-state index in [4.69, 9.17) is 28.1 Å². The van der Waals surface area contributed by atoms with Crippen LogP contribution in [0.5, 0.6) is 0 Å². The second-order valence-corrected chi connectivity index (χ2v) is 28.8. The summed E-state index contributed by atoms with van der Waals surface area (Å²) in [5.74, 6) is 1.42. The maximum Gasteiger partial charge on any atom is 0.412 e. The predicted octanol–water partition coefficient (Wildman–Crippen LogP) is 22.5. The van der Waals surface area contributed by atoms with Crippen molar-refractivity contribution in [2.45, 2.75) is 178 Å². The Kier molecular flexibility index (Phi) is 20.3. The van der Waals surface area contributed by atoms with Crippen molar-refractivity contribution >= 4 is 78.8 Å². The second kappa shape index (κ2) is 29.7. The van der Waals surface area contributed by atoms with Crippen molar-refractivity contribution in [3.8, 4) is 45.0 Å². The van der Waals surface area contributed by atoms with Crippen LogP contribution >= 0.6 is 0 Å². The molecule has 514 valence electrons. The van der Waals surface area contributed by atoms with Crippen molar-refractivity contribution in [3.63, 3.8) is 0 Å². The van der Waals surface area contributed by atoms with Gasteiger partial charge in [0.15, 0.2) is 0 Å². The highest BCUT2D eigenvalue weighted by Crippen LogP contribution is 2.49. The summed E-state index contributed by atoms with van der Waals surface area (Å²) in [6, 6.07) is 32.0. The zero-order valence-electron chi connectivity index (χ0n) is 58.3. The van der Waals surface area contributed by atoms with Crippen LogP contribution in [0, 0.1) is 0 Å². The first kappa shape index (κ1) is 67.6. The van der Waals surface area contributed by atoms with E-state index in [1.54, 1.807) is 49.5 Å². The average molecular weight is 1330 g/mol. The molecule has 4 aliphatic rings. The van der Waals surface area contributed by atoms with Gasteiger partial charge in [-0.2, -0.15) is 4.99 Å². The first-order valence-corrected chi connectivity index (χ1v) is 35.7. The maximum atomic E-state index is 12.2. The molecule has 16 heteroatoms. The Balaban J connectivity index is 0.000000119. The van der Waals surface area contributed by atoms with Crippen molar-refractivity contribution in [1.29, 1.82) is 0 Å². The minimum absolute atomic E-state index is 0.331. The third-order valence-electron chi connectivity index (χ3n) is 21.3. The van der Waals surface area contributed by atoms with Crippen LogP contribution in [-0.2, 0) is 37.7 Å². The number of nitrogens with one attached hydrogen (secondary N) is 1. The Morgan fingerprint density at radius 3 is 1.17 bits per heavy atom. The lowest BCUT2D eigenvalue weighted by molar-refractivity contribution is 0.0634. The molecular formula is C83H93N7O9. The third-order valence-corrected chi connectivity index (χ3v) is 21.3. The molecule has 0 aliphatic heterocycles. The van der Waals surface area contributed by atoms with E-state index < -0.39 is 17.7 Å². The molecule has 0 unspecified atom stereocenters. The van der Waals surface area contributed by atoms with Gasteiger partial charge in [0.05, 0.1) is 101 Å². The van der Waals surface area contributed by atoms with E-state index in [1.165, 1.54) is 195 Å². The number of nitrogens with zero attached hydrogens (tertiary/aromatic N) is 5. The van der Waals surface area contributed by atoms with E-state index in [0.717, 1.165) is 55.9 Å². The summed E-state index contributed by atoms with van der Waals surface area (Å²) in [5, 5.41) is 17.2. The van der Waals surface area contributed by atoms with E-state index in [9.17, 15) is 19.5 Å². The number of aliphatic imine (C=N–C) groups is 1. The van der Waals surface area contributed by atoms with Crippen molar-refractivity contribution in [1.82, 2.24) is 18.3 Å². The fourth-order valence-corrected chi connectivity index (χ4v) is 16.8. The summed E-state index contributed by atoms with van der Waals surface area (Å²) in [6.07, 6.45) is 40.9. The number of hydrogen-bond acceptors (Lipinski definition) is 10. The number of carbonyl (C=O) groups excluding carboxylic acids is 2. The first-order chi connectivity index (χ1) is 48.0. The lowest BCUT2D eigenvalue weighted by Crippen LogP contribution is -2.27. The Bertz CT molecular complexity index is 4670. The summed E-state index contributed by atoms with van der Waals surface area (Å²) < 4.78 is 35.6. The molecule has 4 aliphatic carbocycles. The molecule has 8 aromatic heterocycles. The Morgan fingerprint density at radius 2 is 0.818 bits per heavy atom. The van der Waals surface area contributed by atoms with Gasteiger partial charge in [-0.3, -0.25) is 5.32 Å². The number of aromatic nitrogens is 4. The summed E-state index contributed by atoms with van der Waals surface area (Å²) in [4.78, 5) is 37.9. The predicted molar refractivity (Wildman–Crippen MR) is 395 cm³/mol. The summed E-state index contributed by atoms with van der Waals surface area (Å²) in [7, 11) is 8.32. The summed E-state index contributed by atoms with van der Waals surface area (Å²) in [6.45, 7) is 5.59. The molecule has 4 aromatic carbocycles. The van der Waals surface area contributed by atoms with E-state index >= 15 is 0 Å². The van der Waals surface area contributed by atoms with E-state index in [1.807, 2.05) is 101 Å².